The molecule has 1 atom stereocenters. The number of benzene rings is 2. The quantitative estimate of drug-likeness (QED) is 0.614. The summed E-state index contributed by atoms with van der Waals surface area (Å²) in [7, 11) is 1.34. The maximum absolute atomic E-state index is 13.3. The van der Waals surface area contributed by atoms with E-state index in [-0.39, 0.29) is 5.56 Å². The van der Waals surface area contributed by atoms with E-state index in [2.05, 4.69) is 4.99 Å². The zero-order chi connectivity index (χ0) is 21.1. The summed E-state index contributed by atoms with van der Waals surface area (Å²) in [4.78, 5) is 30.9. The number of carbonyl (C=O) groups is 1. The summed E-state index contributed by atoms with van der Waals surface area (Å²) in [6.07, 6.45) is 5.58. The molecule has 4 rings (SSSR count). The van der Waals surface area contributed by atoms with Gasteiger partial charge in [0.2, 0.25) is 0 Å². The third-order valence-corrected chi connectivity index (χ3v) is 5.88. The molecule has 1 aromatic heterocycles. The number of methoxy groups -OCH3 is 1. The van der Waals surface area contributed by atoms with Gasteiger partial charge >= 0.3 is 5.97 Å². The summed E-state index contributed by atoms with van der Waals surface area (Å²) in [5.74, 6) is -0.483. The normalized spacial score (nSPS) is 16.5. The summed E-state index contributed by atoms with van der Waals surface area (Å²) in [6, 6.07) is 18.8. The van der Waals surface area contributed by atoms with Gasteiger partial charge in [-0.2, -0.15) is 0 Å². The number of carbonyl (C=O) groups excluding carboxylic acids is 1. The third kappa shape index (κ3) is 3.69. The molecule has 0 unspecified atom stereocenters. The number of esters is 1. The Labute approximate surface area is 177 Å². The van der Waals surface area contributed by atoms with E-state index in [9.17, 15) is 9.59 Å². The topological polar surface area (TPSA) is 60.7 Å². The highest BCUT2D eigenvalue weighted by molar-refractivity contribution is 7.07. The van der Waals surface area contributed by atoms with Crippen molar-refractivity contribution in [1.29, 1.82) is 0 Å². The molecule has 150 valence electrons. The highest BCUT2D eigenvalue weighted by Gasteiger charge is 2.32. The van der Waals surface area contributed by atoms with E-state index < -0.39 is 12.0 Å². The van der Waals surface area contributed by atoms with Crippen molar-refractivity contribution in [3.8, 4) is 0 Å². The SMILES string of the molecule is COC(=O)C1=C(C)N=c2sc(=CC=Cc3ccccc3)c(=O)n2[C@@H]1c1ccccc1. The van der Waals surface area contributed by atoms with Gasteiger partial charge in [-0.15, -0.1) is 0 Å². The number of ether oxygens (including phenoxy) is 1. The van der Waals surface area contributed by atoms with Crippen LogP contribution in [0.4, 0.5) is 0 Å². The Balaban J connectivity index is 1.87. The fraction of sp³-hybridized carbons (Fsp3) is 0.125. The monoisotopic (exact) mass is 416 g/mol. The number of allylic oxidation sites excluding steroid dienone is 2. The first-order chi connectivity index (χ1) is 14.6. The summed E-state index contributed by atoms with van der Waals surface area (Å²) >= 11 is 1.31. The second-order valence-electron chi connectivity index (χ2n) is 6.78. The van der Waals surface area contributed by atoms with Crippen molar-refractivity contribution >= 4 is 29.5 Å². The lowest BCUT2D eigenvalue weighted by molar-refractivity contribution is -0.136. The minimum atomic E-state index is -0.574. The molecular formula is C24H20N2O3S. The largest absolute Gasteiger partial charge is 0.466 e. The zero-order valence-electron chi connectivity index (χ0n) is 16.6. The summed E-state index contributed by atoms with van der Waals surface area (Å²) in [5, 5.41) is 0. The van der Waals surface area contributed by atoms with Crippen LogP contribution in [0.1, 0.15) is 24.1 Å². The lowest BCUT2D eigenvalue weighted by Crippen LogP contribution is -2.39. The standard InChI is InChI=1S/C24H20N2O3S/c1-16-20(23(28)29-2)21(18-13-7-4-8-14-18)26-22(27)19(30-24(26)25-16)15-9-12-17-10-5-3-6-11-17/h3-15,21H,1-2H3/t21-/m1/s1. The molecule has 0 saturated heterocycles. The van der Waals surface area contributed by atoms with Gasteiger partial charge in [-0.05, 0) is 24.1 Å². The van der Waals surface area contributed by atoms with Crippen LogP contribution in [0.5, 0.6) is 0 Å². The number of hydrogen-bond acceptors (Lipinski definition) is 5. The first-order valence-electron chi connectivity index (χ1n) is 9.47. The highest BCUT2D eigenvalue weighted by Crippen LogP contribution is 2.30. The molecule has 1 aliphatic rings. The molecule has 0 N–H and O–H groups in total. The lowest BCUT2D eigenvalue weighted by Gasteiger charge is -2.24. The molecule has 30 heavy (non-hydrogen) atoms. The molecule has 0 bridgehead atoms. The average Bonchev–Trinajstić information content (AvgIpc) is 3.08. The van der Waals surface area contributed by atoms with Crippen molar-refractivity contribution in [3.05, 3.63) is 109 Å². The molecule has 0 fully saturated rings. The predicted octanol–water partition coefficient (Wildman–Crippen LogP) is 3.07. The van der Waals surface area contributed by atoms with E-state index in [1.54, 1.807) is 17.6 Å². The van der Waals surface area contributed by atoms with Gasteiger partial charge in [-0.25, -0.2) is 9.79 Å². The number of rotatable bonds is 4. The number of hydrogen-bond donors (Lipinski definition) is 0. The highest BCUT2D eigenvalue weighted by atomic mass is 32.1. The zero-order valence-corrected chi connectivity index (χ0v) is 17.4. The molecule has 0 amide bonds. The van der Waals surface area contributed by atoms with E-state index in [1.807, 2.05) is 72.8 Å². The minimum absolute atomic E-state index is 0.181. The average molecular weight is 417 g/mol. The van der Waals surface area contributed by atoms with Gasteiger partial charge in [0.1, 0.15) is 0 Å². The third-order valence-electron chi connectivity index (χ3n) is 4.88. The summed E-state index contributed by atoms with van der Waals surface area (Å²) < 4.78 is 7.14. The van der Waals surface area contributed by atoms with Gasteiger partial charge in [0.05, 0.1) is 29.0 Å². The molecule has 2 heterocycles. The van der Waals surface area contributed by atoms with Gasteiger partial charge in [0.25, 0.3) is 5.56 Å². The molecule has 2 aromatic carbocycles. The first-order valence-corrected chi connectivity index (χ1v) is 10.3. The molecule has 0 saturated carbocycles. The van der Waals surface area contributed by atoms with Crippen molar-refractivity contribution in [2.45, 2.75) is 13.0 Å². The maximum Gasteiger partial charge on any atom is 0.338 e. The van der Waals surface area contributed by atoms with E-state index in [1.165, 1.54) is 18.4 Å². The van der Waals surface area contributed by atoms with Crippen LogP contribution in [0.15, 0.2) is 87.8 Å². The maximum atomic E-state index is 13.3. The van der Waals surface area contributed by atoms with Crippen molar-refractivity contribution in [1.82, 2.24) is 4.57 Å². The Morgan fingerprint density at radius 2 is 1.77 bits per heavy atom. The Kier molecular flexibility index (Phi) is 5.59. The van der Waals surface area contributed by atoms with Crippen molar-refractivity contribution in [2.24, 2.45) is 4.99 Å². The van der Waals surface area contributed by atoms with Crippen LogP contribution in [0, 0.1) is 0 Å². The van der Waals surface area contributed by atoms with Gasteiger partial charge in [0.15, 0.2) is 4.80 Å². The number of thiazole rings is 1. The molecule has 0 aliphatic carbocycles. The van der Waals surface area contributed by atoms with Gasteiger partial charge in [0, 0.05) is 0 Å². The van der Waals surface area contributed by atoms with Gasteiger partial charge < -0.3 is 4.74 Å². The second-order valence-corrected chi connectivity index (χ2v) is 7.79. The van der Waals surface area contributed by atoms with E-state index in [4.69, 9.17) is 4.74 Å². The number of fused-ring (bicyclic) bond motifs is 1. The molecule has 0 spiro atoms. The molecule has 1 aliphatic heterocycles. The molecule has 5 nitrogen and oxygen atoms in total. The molecule has 0 radical (unpaired) electrons. The van der Waals surface area contributed by atoms with Crippen LogP contribution >= 0.6 is 11.3 Å². The predicted molar refractivity (Wildman–Crippen MR) is 119 cm³/mol. The van der Waals surface area contributed by atoms with Crippen LogP contribution in [-0.4, -0.2) is 17.6 Å². The van der Waals surface area contributed by atoms with Crippen LogP contribution < -0.4 is 14.9 Å². The molecule has 3 aromatic rings. The molecule has 6 heteroatoms. The van der Waals surface area contributed by atoms with Crippen LogP contribution in [0.3, 0.4) is 0 Å². The Morgan fingerprint density at radius 3 is 2.43 bits per heavy atom. The van der Waals surface area contributed by atoms with Gasteiger partial charge in [-0.1, -0.05) is 84.2 Å². The van der Waals surface area contributed by atoms with E-state index in [0.717, 1.165) is 11.1 Å². The number of nitrogens with zero attached hydrogens (tertiary/aromatic N) is 2. The Morgan fingerprint density at radius 1 is 1.10 bits per heavy atom. The Hall–Kier alpha value is -3.51. The van der Waals surface area contributed by atoms with Crippen molar-refractivity contribution in [3.63, 3.8) is 0 Å². The molecular weight excluding hydrogens is 396 g/mol. The summed E-state index contributed by atoms with van der Waals surface area (Å²) in [6.45, 7) is 1.77. The second kappa shape index (κ2) is 8.47. The summed E-state index contributed by atoms with van der Waals surface area (Å²) in [5.41, 5.74) is 2.64. The van der Waals surface area contributed by atoms with Crippen LogP contribution in [0.25, 0.3) is 12.2 Å². The first kappa shape index (κ1) is 19.8. The van der Waals surface area contributed by atoms with Crippen molar-refractivity contribution < 1.29 is 9.53 Å². The fourth-order valence-corrected chi connectivity index (χ4v) is 4.47. The fourth-order valence-electron chi connectivity index (χ4n) is 3.47. The van der Waals surface area contributed by atoms with Crippen LogP contribution in [0.2, 0.25) is 0 Å². The van der Waals surface area contributed by atoms with E-state index >= 15 is 0 Å². The Bertz CT molecular complexity index is 1320. The minimum Gasteiger partial charge on any atom is -0.466 e. The van der Waals surface area contributed by atoms with Gasteiger partial charge in [-0.3, -0.25) is 9.36 Å². The van der Waals surface area contributed by atoms with Crippen molar-refractivity contribution in [2.75, 3.05) is 7.11 Å². The van der Waals surface area contributed by atoms with E-state index in [0.29, 0.717) is 20.6 Å². The number of aromatic nitrogens is 1. The lowest BCUT2D eigenvalue weighted by atomic mass is 9.96. The smallest absolute Gasteiger partial charge is 0.338 e. The van der Waals surface area contributed by atoms with Crippen LogP contribution in [-0.2, 0) is 9.53 Å².